The minimum atomic E-state index is -0.926. The van der Waals surface area contributed by atoms with Crippen LogP contribution in [0.3, 0.4) is 0 Å². The fourth-order valence-corrected chi connectivity index (χ4v) is 2.59. The van der Waals surface area contributed by atoms with Crippen LogP contribution in [-0.2, 0) is 14.4 Å². The van der Waals surface area contributed by atoms with E-state index in [0.29, 0.717) is 19.4 Å². The second-order valence-electron chi connectivity index (χ2n) is 5.06. The zero-order valence-corrected chi connectivity index (χ0v) is 11.3. The SMILES string of the molecule is CCCCN(CC(N)=O)C(=O)C1CCCC1C(=O)O. The van der Waals surface area contributed by atoms with Crippen molar-refractivity contribution in [3.05, 3.63) is 0 Å². The fourth-order valence-electron chi connectivity index (χ4n) is 2.59. The zero-order chi connectivity index (χ0) is 14.4. The second-order valence-corrected chi connectivity index (χ2v) is 5.06. The minimum absolute atomic E-state index is 0.123. The van der Waals surface area contributed by atoms with Crippen molar-refractivity contribution >= 4 is 17.8 Å². The molecule has 6 nitrogen and oxygen atoms in total. The molecule has 0 radical (unpaired) electrons. The van der Waals surface area contributed by atoms with E-state index in [-0.39, 0.29) is 12.5 Å². The van der Waals surface area contributed by atoms with Crippen LogP contribution in [0.25, 0.3) is 0 Å². The maximum atomic E-state index is 12.4. The standard InChI is InChI=1S/C13H22N2O4/c1-2-3-7-15(8-11(14)16)12(17)9-5-4-6-10(9)13(18)19/h9-10H,2-8H2,1H3,(H2,14,16)(H,18,19). The van der Waals surface area contributed by atoms with Crippen LogP contribution >= 0.6 is 0 Å². The lowest BCUT2D eigenvalue weighted by Gasteiger charge is -2.26. The Morgan fingerprint density at radius 3 is 2.42 bits per heavy atom. The molecule has 19 heavy (non-hydrogen) atoms. The van der Waals surface area contributed by atoms with Gasteiger partial charge in [-0.25, -0.2) is 0 Å². The summed E-state index contributed by atoms with van der Waals surface area (Å²) in [7, 11) is 0. The van der Waals surface area contributed by atoms with Gasteiger partial charge in [0.15, 0.2) is 0 Å². The van der Waals surface area contributed by atoms with E-state index >= 15 is 0 Å². The van der Waals surface area contributed by atoms with Gasteiger partial charge >= 0.3 is 5.97 Å². The summed E-state index contributed by atoms with van der Waals surface area (Å²) in [5.74, 6) is -2.85. The Balaban J connectivity index is 2.73. The Bertz CT molecular complexity index is 357. The lowest BCUT2D eigenvalue weighted by atomic mass is 9.94. The molecule has 1 aliphatic carbocycles. The number of amides is 2. The van der Waals surface area contributed by atoms with Gasteiger partial charge in [-0.2, -0.15) is 0 Å². The molecule has 1 rings (SSSR count). The molecule has 0 aromatic rings. The number of carboxylic acids is 1. The number of unbranched alkanes of at least 4 members (excludes halogenated alkanes) is 1. The highest BCUT2D eigenvalue weighted by atomic mass is 16.4. The normalized spacial score (nSPS) is 22.2. The van der Waals surface area contributed by atoms with Crippen molar-refractivity contribution in [3.8, 4) is 0 Å². The van der Waals surface area contributed by atoms with E-state index in [0.717, 1.165) is 19.3 Å². The molecule has 3 N–H and O–H groups in total. The molecule has 0 saturated heterocycles. The quantitative estimate of drug-likeness (QED) is 0.707. The molecule has 0 aromatic carbocycles. The number of hydrogen-bond acceptors (Lipinski definition) is 3. The lowest BCUT2D eigenvalue weighted by molar-refractivity contribution is -0.149. The zero-order valence-electron chi connectivity index (χ0n) is 11.3. The monoisotopic (exact) mass is 270 g/mol. The van der Waals surface area contributed by atoms with Gasteiger partial charge in [0.1, 0.15) is 0 Å². The number of hydrogen-bond donors (Lipinski definition) is 2. The molecule has 0 aromatic heterocycles. The highest BCUT2D eigenvalue weighted by molar-refractivity contribution is 5.88. The van der Waals surface area contributed by atoms with Gasteiger partial charge in [0.25, 0.3) is 0 Å². The summed E-state index contributed by atoms with van der Waals surface area (Å²) in [6.07, 6.45) is 3.53. The topological polar surface area (TPSA) is 101 Å². The summed E-state index contributed by atoms with van der Waals surface area (Å²) in [5, 5.41) is 9.11. The molecule has 0 heterocycles. The van der Waals surface area contributed by atoms with Crippen LogP contribution in [0, 0.1) is 11.8 Å². The van der Waals surface area contributed by atoms with Crippen LogP contribution in [0.5, 0.6) is 0 Å². The Labute approximate surface area is 112 Å². The smallest absolute Gasteiger partial charge is 0.307 e. The third kappa shape index (κ3) is 4.22. The van der Waals surface area contributed by atoms with Crippen molar-refractivity contribution < 1.29 is 19.5 Å². The number of nitrogens with two attached hydrogens (primary N) is 1. The summed E-state index contributed by atoms with van der Waals surface area (Å²) in [5.41, 5.74) is 5.15. The maximum absolute atomic E-state index is 12.4. The van der Waals surface area contributed by atoms with Gasteiger partial charge in [-0.3, -0.25) is 14.4 Å². The first-order chi connectivity index (χ1) is 8.97. The highest BCUT2D eigenvalue weighted by Gasteiger charge is 2.39. The number of primary amides is 1. The van der Waals surface area contributed by atoms with Gasteiger partial charge in [-0.15, -0.1) is 0 Å². The highest BCUT2D eigenvalue weighted by Crippen LogP contribution is 2.33. The molecule has 2 amide bonds. The molecule has 0 spiro atoms. The summed E-state index contributed by atoms with van der Waals surface area (Å²) in [4.78, 5) is 35.9. The van der Waals surface area contributed by atoms with E-state index in [4.69, 9.17) is 10.8 Å². The van der Waals surface area contributed by atoms with E-state index in [1.807, 2.05) is 6.92 Å². The van der Waals surface area contributed by atoms with Gasteiger partial charge in [0.05, 0.1) is 18.4 Å². The maximum Gasteiger partial charge on any atom is 0.307 e. The number of carbonyl (C=O) groups is 3. The molecule has 108 valence electrons. The van der Waals surface area contributed by atoms with Crippen molar-refractivity contribution in [3.63, 3.8) is 0 Å². The molecule has 1 aliphatic rings. The number of carbonyl (C=O) groups excluding carboxylic acids is 2. The van der Waals surface area contributed by atoms with Gasteiger partial charge in [-0.1, -0.05) is 19.8 Å². The van der Waals surface area contributed by atoms with E-state index in [9.17, 15) is 14.4 Å². The van der Waals surface area contributed by atoms with Gasteiger partial charge in [0, 0.05) is 6.54 Å². The van der Waals surface area contributed by atoms with Crippen molar-refractivity contribution in [2.45, 2.75) is 39.0 Å². The minimum Gasteiger partial charge on any atom is -0.481 e. The van der Waals surface area contributed by atoms with Gasteiger partial charge in [-0.05, 0) is 19.3 Å². The Morgan fingerprint density at radius 2 is 1.89 bits per heavy atom. The molecular formula is C13H22N2O4. The molecule has 6 heteroatoms. The van der Waals surface area contributed by atoms with Gasteiger partial charge < -0.3 is 15.7 Å². The predicted molar refractivity (Wildman–Crippen MR) is 69.1 cm³/mol. The van der Waals surface area contributed by atoms with Gasteiger partial charge in [0.2, 0.25) is 11.8 Å². The summed E-state index contributed by atoms with van der Waals surface area (Å²) < 4.78 is 0. The largest absolute Gasteiger partial charge is 0.481 e. The Morgan fingerprint density at radius 1 is 1.26 bits per heavy atom. The second kappa shape index (κ2) is 7.11. The molecule has 1 fully saturated rings. The van der Waals surface area contributed by atoms with Crippen molar-refractivity contribution in [1.29, 1.82) is 0 Å². The summed E-state index contributed by atoms with van der Waals surface area (Å²) in [6.45, 7) is 2.32. The summed E-state index contributed by atoms with van der Waals surface area (Å²) >= 11 is 0. The molecular weight excluding hydrogens is 248 g/mol. The molecule has 0 bridgehead atoms. The molecule has 2 atom stereocenters. The number of rotatable bonds is 7. The van der Waals surface area contributed by atoms with E-state index in [1.165, 1.54) is 4.90 Å². The average molecular weight is 270 g/mol. The molecule has 1 saturated carbocycles. The van der Waals surface area contributed by atoms with Crippen molar-refractivity contribution in [1.82, 2.24) is 4.90 Å². The van der Waals surface area contributed by atoms with Crippen LogP contribution in [0.2, 0.25) is 0 Å². The number of nitrogens with zero attached hydrogens (tertiary/aromatic N) is 1. The number of carboxylic acid groups (broad SMARTS) is 1. The van der Waals surface area contributed by atoms with Crippen LogP contribution < -0.4 is 5.73 Å². The molecule has 0 aliphatic heterocycles. The fraction of sp³-hybridized carbons (Fsp3) is 0.769. The lowest BCUT2D eigenvalue weighted by Crippen LogP contribution is -2.44. The first kappa shape index (κ1) is 15.5. The first-order valence-corrected chi connectivity index (χ1v) is 6.77. The third-order valence-electron chi connectivity index (χ3n) is 3.59. The average Bonchev–Trinajstić information content (AvgIpc) is 2.82. The van der Waals surface area contributed by atoms with Crippen LogP contribution in [-0.4, -0.2) is 40.9 Å². The Hall–Kier alpha value is -1.59. The van der Waals surface area contributed by atoms with Crippen LogP contribution in [0.4, 0.5) is 0 Å². The Kier molecular flexibility index (Phi) is 5.79. The van der Waals surface area contributed by atoms with Crippen molar-refractivity contribution in [2.75, 3.05) is 13.1 Å². The van der Waals surface area contributed by atoms with E-state index in [1.54, 1.807) is 0 Å². The third-order valence-corrected chi connectivity index (χ3v) is 3.59. The summed E-state index contributed by atoms with van der Waals surface area (Å²) in [6, 6.07) is 0. The van der Waals surface area contributed by atoms with Crippen LogP contribution in [0.1, 0.15) is 39.0 Å². The first-order valence-electron chi connectivity index (χ1n) is 6.77. The van der Waals surface area contributed by atoms with E-state index < -0.39 is 23.7 Å². The van der Waals surface area contributed by atoms with Crippen LogP contribution in [0.15, 0.2) is 0 Å². The predicted octanol–water partition coefficient (Wildman–Crippen LogP) is 0.601. The van der Waals surface area contributed by atoms with E-state index in [2.05, 4.69) is 0 Å². The number of aliphatic carboxylic acids is 1. The van der Waals surface area contributed by atoms with Crippen molar-refractivity contribution in [2.24, 2.45) is 17.6 Å². The molecule has 2 unspecified atom stereocenters.